The molecule has 0 bridgehead atoms. The van der Waals surface area contributed by atoms with E-state index in [0.717, 1.165) is 12.1 Å². The molecule has 0 radical (unpaired) electrons. The number of nitrogens with zero attached hydrogens (tertiary/aromatic N) is 3. The molecule has 8 heteroatoms. The largest absolute Gasteiger partial charge is 0.392 e. The van der Waals surface area contributed by atoms with Gasteiger partial charge in [0.1, 0.15) is 5.75 Å². The minimum Gasteiger partial charge on any atom is -0.392 e. The standard InChI is InChI=1S/C19H27N3O4S/c1-13-5-7-15(8-6-13)27(24,25)11-17-20-18(26-21-17)16-9-14(23)10-22(16)12-19(2,3)4/h5-8,14,16,23H,9-12H2,1-4H3. The molecule has 2 atom stereocenters. The Balaban J connectivity index is 1.77. The molecule has 1 fully saturated rings. The van der Waals surface area contributed by atoms with Gasteiger partial charge in [-0.05, 0) is 30.9 Å². The summed E-state index contributed by atoms with van der Waals surface area (Å²) in [5, 5.41) is 13.9. The molecular weight excluding hydrogens is 366 g/mol. The molecule has 0 amide bonds. The van der Waals surface area contributed by atoms with Crippen LogP contribution in [0.2, 0.25) is 0 Å². The van der Waals surface area contributed by atoms with Crippen LogP contribution in [0.25, 0.3) is 0 Å². The number of β-amino-alcohol motifs (C(OH)–C–C–N with tert-alkyl or cyclic N) is 1. The van der Waals surface area contributed by atoms with Crippen molar-refractivity contribution < 1.29 is 18.0 Å². The summed E-state index contributed by atoms with van der Waals surface area (Å²) in [5.41, 5.74) is 1.05. The first kappa shape index (κ1) is 20.0. The van der Waals surface area contributed by atoms with Crippen molar-refractivity contribution in [2.75, 3.05) is 13.1 Å². The maximum absolute atomic E-state index is 12.6. The topological polar surface area (TPSA) is 96.5 Å². The molecule has 27 heavy (non-hydrogen) atoms. The Morgan fingerprint density at radius 1 is 1.26 bits per heavy atom. The summed E-state index contributed by atoms with van der Waals surface area (Å²) < 4.78 is 30.5. The number of aliphatic hydroxyl groups excluding tert-OH is 1. The Morgan fingerprint density at radius 2 is 1.93 bits per heavy atom. The van der Waals surface area contributed by atoms with Crippen molar-refractivity contribution in [3.8, 4) is 0 Å². The van der Waals surface area contributed by atoms with Crippen LogP contribution in [-0.4, -0.2) is 47.8 Å². The highest BCUT2D eigenvalue weighted by Gasteiger charge is 2.37. The van der Waals surface area contributed by atoms with Crippen molar-refractivity contribution in [3.63, 3.8) is 0 Å². The van der Waals surface area contributed by atoms with Gasteiger partial charge in [-0.25, -0.2) is 8.42 Å². The molecule has 2 unspecified atom stereocenters. The summed E-state index contributed by atoms with van der Waals surface area (Å²) in [6, 6.07) is 6.51. The van der Waals surface area contributed by atoms with Crippen molar-refractivity contribution >= 4 is 9.84 Å². The summed E-state index contributed by atoms with van der Waals surface area (Å²) in [4.78, 5) is 6.69. The fourth-order valence-corrected chi connectivity index (χ4v) is 4.56. The van der Waals surface area contributed by atoms with E-state index in [1.807, 2.05) is 6.92 Å². The average molecular weight is 394 g/mol. The third-order valence-corrected chi connectivity index (χ3v) is 6.16. The molecule has 2 aromatic rings. The maximum Gasteiger partial charge on any atom is 0.244 e. The van der Waals surface area contributed by atoms with E-state index in [4.69, 9.17) is 4.52 Å². The van der Waals surface area contributed by atoms with Gasteiger partial charge in [-0.2, -0.15) is 4.98 Å². The van der Waals surface area contributed by atoms with Crippen LogP contribution in [-0.2, 0) is 15.6 Å². The number of rotatable bonds is 5. The van der Waals surface area contributed by atoms with Gasteiger partial charge in [0.2, 0.25) is 5.89 Å². The smallest absolute Gasteiger partial charge is 0.244 e. The number of aromatic nitrogens is 2. The predicted molar refractivity (Wildman–Crippen MR) is 101 cm³/mol. The van der Waals surface area contributed by atoms with Crippen LogP contribution >= 0.6 is 0 Å². The number of likely N-dealkylation sites (tertiary alicyclic amines) is 1. The van der Waals surface area contributed by atoms with Gasteiger partial charge in [-0.1, -0.05) is 43.6 Å². The summed E-state index contributed by atoms with van der Waals surface area (Å²) in [6.07, 6.45) is 0.0478. The SMILES string of the molecule is Cc1ccc(S(=O)(=O)Cc2noc(C3CC(O)CN3CC(C)(C)C)n2)cc1. The van der Waals surface area contributed by atoms with E-state index in [0.29, 0.717) is 18.9 Å². The quantitative estimate of drug-likeness (QED) is 0.833. The second-order valence-corrected chi connectivity index (χ2v) is 10.5. The zero-order valence-corrected chi connectivity index (χ0v) is 17.0. The molecule has 148 valence electrons. The number of hydrogen-bond donors (Lipinski definition) is 1. The molecule has 1 aromatic heterocycles. The number of benzene rings is 1. The monoisotopic (exact) mass is 393 g/mol. The summed E-state index contributed by atoms with van der Waals surface area (Å²) in [6.45, 7) is 9.60. The van der Waals surface area contributed by atoms with E-state index in [1.165, 1.54) is 0 Å². The molecule has 0 spiro atoms. The Labute approximate surface area is 160 Å². The van der Waals surface area contributed by atoms with Gasteiger partial charge < -0.3 is 9.63 Å². The first-order valence-corrected chi connectivity index (χ1v) is 10.7. The van der Waals surface area contributed by atoms with Crippen LogP contribution < -0.4 is 0 Å². The highest BCUT2D eigenvalue weighted by atomic mass is 32.2. The fraction of sp³-hybridized carbons (Fsp3) is 0.579. The normalized spacial score (nSPS) is 21.7. The highest BCUT2D eigenvalue weighted by molar-refractivity contribution is 7.90. The Kier molecular flexibility index (Phi) is 5.42. The Hall–Kier alpha value is -1.77. The number of aliphatic hydroxyl groups is 1. The molecule has 1 aromatic carbocycles. The van der Waals surface area contributed by atoms with Gasteiger partial charge in [0.15, 0.2) is 15.7 Å². The Bertz CT molecular complexity index is 884. The van der Waals surface area contributed by atoms with Crippen molar-refractivity contribution in [1.82, 2.24) is 15.0 Å². The van der Waals surface area contributed by atoms with Gasteiger partial charge in [0, 0.05) is 13.1 Å². The molecule has 0 saturated carbocycles. The lowest BCUT2D eigenvalue weighted by molar-refractivity contribution is 0.139. The van der Waals surface area contributed by atoms with Crippen molar-refractivity contribution in [1.29, 1.82) is 0 Å². The van der Waals surface area contributed by atoms with E-state index in [9.17, 15) is 13.5 Å². The van der Waals surface area contributed by atoms with Gasteiger partial charge in [0.05, 0.1) is 17.0 Å². The van der Waals surface area contributed by atoms with Crippen LogP contribution in [0.1, 0.15) is 50.5 Å². The van der Waals surface area contributed by atoms with E-state index < -0.39 is 15.9 Å². The van der Waals surface area contributed by atoms with E-state index >= 15 is 0 Å². The van der Waals surface area contributed by atoms with E-state index in [2.05, 4.69) is 35.8 Å². The first-order valence-electron chi connectivity index (χ1n) is 9.07. The van der Waals surface area contributed by atoms with Gasteiger partial charge in [-0.3, -0.25) is 4.90 Å². The molecule has 3 rings (SSSR count). The minimum atomic E-state index is -3.54. The highest BCUT2D eigenvalue weighted by Crippen LogP contribution is 2.34. The van der Waals surface area contributed by atoms with E-state index in [1.54, 1.807) is 24.3 Å². The third-order valence-electron chi connectivity index (χ3n) is 4.53. The van der Waals surface area contributed by atoms with Crippen LogP contribution in [0.3, 0.4) is 0 Å². The lowest BCUT2D eigenvalue weighted by Crippen LogP contribution is -2.33. The number of aryl methyl sites for hydroxylation is 1. The van der Waals surface area contributed by atoms with Crippen molar-refractivity contribution in [2.45, 2.75) is 56.9 Å². The second kappa shape index (κ2) is 7.33. The van der Waals surface area contributed by atoms with Crippen molar-refractivity contribution in [2.24, 2.45) is 5.41 Å². The van der Waals surface area contributed by atoms with Crippen LogP contribution in [0, 0.1) is 12.3 Å². The third kappa shape index (κ3) is 4.94. The summed E-state index contributed by atoms with van der Waals surface area (Å²) in [7, 11) is -3.54. The van der Waals surface area contributed by atoms with Crippen LogP contribution in [0.15, 0.2) is 33.7 Å². The molecule has 1 N–H and O–H groups in total. The first-order chi connectivity index (χ1) is 12.5. The van der Waals surface area contributed by atoms with Gasteiger partial charge >= 0.3 is 0 Å². The molecule has 1 saturated heterocycles. The predicted octanol–water partition coefficient (Wildman–Crippen LogP) is 2.51. The summed E-state index contributed by atoms with van der Waals surface area (Å²) >= 11 is 0. The van der Waals surface area contributed by atoms with E-state index in [-0.39, 0.29) is 27.9 Å². The Morgan fingerprint density at radius 3 is 2.56 bits per heavy atom. The van der Waals surface area contributed by atoms with Crippen molar-refractivity contribution in [3.05, 3.63) is 41.5 Å². The summed E-state index contributed by atoms with van der Waals surface area (Å²) in [5.74, 6) is 0.196. The second-order valence-electron chi connectivity index (χ2n) is 8.52. The molecule has 2 heterocycles. The molecule has 1 aliphatic rings. The lowest BCUT2D eigenvalue weighted by atomic mass is 9.96. The zero-order valence-electron chi connectivity index (χ0n) is 16.2. The maximum atomic E-state index is 12.6. The molecular formula is C19H27N3O4S. The average Bonchev–Trinajstić information content (AvgIpc) is 3.12. The molecule has 1 aliphatic heterocycles. The van der Waals surface area contributed by atoms with Gasteiger partial charge in [-0.15, -0.1) is 0 Å². The van der Waals surface area contributed by atoms with Crippen LogP contribution in [0.4, 0.5) is 0 Å². The number of sulfone groups is 1. The van der Waals surface area contributed by atoms with Gasteiger partial charge in [0.25, 0.3) is 0 Å². The molecule has 0 aliphatic carbocycles. The fourth-order valence-electron chi connectivity index (χ4n) is 3.38. The number of hydrogen-bond acceptors (Lipinski definition) is 7. The zero-order chi connectivity index (χ0) is 19.8. The van der Waals surface area contributed by atoms with Crippen LogP contribution in [0.5, 0.6) is 0 Å². The molecule has 7 nitrogen and oxygen atoms in total. The minimum absolute atomic E-state index is 0.0555. The lowest BCUT2D eigenvalue weighted by Gasteiger charge is -2.29.